The first-order valence-electron chi connectivity index (χ1n) is 13.0. The van der Waals surface area contributed by atoms with Gasteiger partial charge in [-0.25, -0.2) is 0 Å². The van der Waals surface area contributed by atoms with E-state index in [0.717, 1.165) is 22.1 Å². The molecule has 3 N–H and O–H groups in total. The largest absolute Gasteiger partial charge is 0.496 e. The molecule has 0 aliphatic carbocycles. The van der Waals surface area contributed by atoms with Crippen molar-refractivity contribution in [3.63, 3.8) is 0 Å². The SMILES string of the molecule is COc1cc2ccc1[C@@H](C)CCC(=O)Nc1cccc(c1)CN(C)C(=O)[C@@H]2Nc1ccc2cc[nH]c(=O)c2c1. The molecule has 1 aromatic heterocycles. The summed E-state index contributed by atoms with van der Waals surface area (Å²) >= 11 is 0. The number of likely N-dealkylation sites (N-methyl/N-ethyl adjacent to an activating group) is 1. The first-order valence-corrected chi connectivity index (χ1v) is 13.0. The fraction of sp³-hybridized carbons (Fsp3) is 0.258. The number of nitrogens with zero attached hydrogens (tertiary/aromatic N) is 1. The molecule has 0 spiro atoms. The van der Waals surface area contributed by atoms with Crippen molar-refractivity contribution in [3.8, 4) is 5.75 Å². The maximum atomic E-state index is 14.0. The van der Waals surface area contributed by atoms with E-state index in [1.54, 1.807) is 31.3 Å². The maximum Gasteiger partial charge on any atom is 0.255 e. The number of hydrogen-bond donors (Lipinski definition) is 3. The molecule has 2 aliphatic heterocycles. The summed E-state index contributed by atoms with van der Waals surface area (Å²) in [6, 6.07) is 19.9. The van der Waals surface area contributed by atoms with E-state index in [2.05, 4.69) is 22.5 Å². The molecular formula is C31H32N4O4. The lowest BCUT2D eigenvalue weighted by molar-refractivity contribution is -0.131. The summed E-state index contributed by atoms with van der Waals surface area (Å²) in [5.41, 5.74) is 3.77. The molecule has 200 valence electrons. The molecular weight excluding hydrogens is 492 g/mol. The van der Waals surface area contributed by atoms with Gasteiger partial charge in [-0.05, 0) is 70.8 Å². The normalized spacial score (nSPS) is 18.2. The standard InChI is InChI=1S/C31H32N4O4/c1-19-7-12-28(36)33-23-6-4-5-20(15-23)18-35(2)31(38)29(22-9-11-25(19)27(16-22)39-3)34-24-10-8-21-13-14-32-30(37)26(21)17-24/h4-6,8-11,13-17,19,29,34H,7,12,18H2,1-3H3,(H,32,37)(H,33,36)/t19-,29+/m0/s1. The average Bonchev–Trinajstić information content (AvgIpc) is 2.94. The zero-order valence-electron chi connectivity index (χ0n) is 22.3. The minimum absolute atomic E-state index is 0.0513. The molecule has 8 nitrogen and oxygen atoms in total. The van der Waals surface area contributed by atoms with Gasteiger partial charge in [0.1, 0.15) is 11.8 Å². The molecule has 0 saturated carbocycles. The number of carbonyl (C=O) groups excluding carboxylic acids is 2. The van der Waals surface area contributed by atoms with E-state index in [1.807, 2.05) is 60.7 Å². The van der Waals surface area contributed by atoms with E-state index >= 15 is 0 Å². The number of hydrogen-bond acceptors (Lipinski definition) is 5. The topological polar surface area (TPSA) is 104 Å². The Kier molecular flexibility index (Phi) is 7.36. The summed E-state index contributed by atoms with van der Waals surface area (Å²) in [5.74, 6) is 0.525. The van der Waals surface area contributed by atoms with Crippen LogP contribution in [0.1, 0.15) is 48.4 Å². The summed E-state index contributed by atoms with van der Waals surface area (Å²) in [6.45, 7) is 2.42. The van der Waals surface area contributed by atoms with Crippen molar-refractivity contribution in [2.24, 2.45) is 0 Å². The molecule has 0 saturated heterocycles. The molecule has 6 rings (SSSR count). The Balaban J connectivity index is 1.58. The minimum atomic E-state index is -0.732. The van der Waals surface area contributed by atoms with Crippen LogP contribution in [-0.2, 0) is 16.1 Å². The second-order valence-electron chi connectivity index (χ2n) is 10.1. The van der Waals surface area contributed by atoms with Gasteiger partial charge < -0.3 is 25.3 Å². The molecule has 39 heavy (non-hydrogen) atoms. The summed E-state index contributed by atoms with van der Waals surface area (Å²) in [5, 5.41) is 7.71. The molecule has 0 fully saturated rings. The van der Waals surface area contributed by atoms with Crippen LogP contribution in [0.2, 0.25) is 0 Å². The number of aromatic amines is 1. The van der Waals surface area contributed by atoms with E-state index in [9.17, 15) is 14.4 Å². The molecule has 2 amide bonds. The molecule has 3 heterocycles. The Morgan fingerprint density at radius 3 is 2.67 bits per heavy atom. The van der Waals surface area contributed by atoms with Crippen molar-refractivity contribution in [1.82, 2.24) is 9.88 Å². The van der Waals surface area contributed by atoms with Crippen molar-refractivity contribution >= 4 is 34.0 Å². The molecule has 4 bridgehead atoms. The van der Waals surface area contributed by atoms with E-state index in [1.165, 1.54) is 0 Å². The van der Waals surface area contributed by atoms with Gasteiger partial charge in [0.25, 0.3) is 5.56 Å². The highest BCUT2D eigenvalue weighted by molar-refractivity contribution is 5.91. The Hall–Kier alpha value is -4.59. The van der Waals surface area contributed by atoms with Gasteiger partial charge in [-0.15, -0.1) is 0 Å². The summed E-state index contributed by atoms with van der Waals surface area (Å²) < 4.78 is 5.75. The third kappa shape index (κ3) is 5.65. The predicted molar refractivity (Wildman–Crippen MR) is 153 cm³/mol. The van der Waals surface area contributed by atoms with E-state index in [-0.39, 0.29) is 23.3 Å². The lowest BCUT2D eigenvalue weighted by Crippen LogP contribution is -2.35. The third-order valence-corrected chi connectivity index (χ3v) is 7.27. The van der Waals surface area contributed by atoms with Gasteiger partial charge in [0.15, 0.2) is 0 Å². The maximum absolute atomic E-state index is 14.0. The number of H-pyrrole nitrogens is 1. The molecule has 2 atom stereocenters. The van der Waals surface area contributed by atoms with Gasteiger partial charge >= 0.3 is 0 Å². The quantitative estimate of drug-likeness (QED) is 0.343. The predicted octanol–water partition coefficient (Wildman–Crippen LogP) is 5.18. The first kappa shape index (κ1) is 26.0. The molecule has 3 aromatic carbocycles. The Labute approximate surface area is 227 Å². The van der Waals surface area contributed by atoms with Crippen LogP contribution in [0.4, 0.5) is 11.4 Å². The molecule has 0 radical (unpaired) electrons. The minimum Gasteiger partial charge on any atom is -0.496 e. The number of rotatable bonds is 3. The Bertz CT molecular complexity index is 1600. The number of pyridine rings is 1. The summed E-state index contributed by atoms with van der Waals surface area (Å²) in [4.78, 5) is 43.4. The van der Waals surface area contributed by atoms with Crippen molar-refractivity contribution < 1.29 is 14.3 Å². The monoisotopic (exact) mass is 524 g/mol. The number of aromatic nitrogens is 1. The number of ether oxygens (including phenoxy) is 1. The number of amides is 2. The Morgan fingerprint density at radius 2 is 1.85 bits per heavy atom. The van der Waals surface area contributed by atoms with Crippen molar-refractivity contribution in [2.45, 2.75) is 38.3 Å². The number of anilines is 2. The molecule has 4 aromatic rings. The van der Waals surface area contributed by atoms with Crippen molar-refractivity contribution in [3.05, 3.63) is 100.0 Å². The van der Waals surface area contributed by atoms with Crippen LogP contribution < -0.4 is 20.9 Å². The third-order valence-electron chi connectivity index (χ3n) is 7.27. The summed E-state index contributed by atoms with van der Waals surface area (Å²) in [7, 11) is 3.36. The van der Waals surface area contributed by atoms with Gasteiger partial charge in [-0.3, -0.25) is 14.4 Å². The van der Waals surface area contributed by atoms with Crippen LogP contribution in [0.5, 0.6) is 5.75 Å². The van der Waals surface area contributed by atoms with Gasteiger partial charge in [0.05, 0.1) is 7.11 Å². The van der Waals surface area contributed by atoms with E-state index in [0.29, 0.717) is 41.9 Å². The van der Waals surface area contributed by atoms with Crippen LogP contribution >= 0.6 is 0 Å². The van der Waals surface area contributed by atoms with Crippen LogP contribution in [0.15, 0.2) is 77.7 Å². The smallest absolute Gasteiger partial charge is 0.255 e. The van der Waals surface area contributed by atoms with E-state index in [4.69, 9.17) is 4.74 Å². The molecule has 8 heteroatoms. The molecule has 2 aliphatic rings. The van der Waals surface area contributed by atoms with Crippen LogP contribution in [-0.4, -0.2) is 35.9 Å². The van der Waals surface area contributed by atoms with E-state index < -0.39 is 6.04 Å². The lowest BCUT2D eigenvalue weighted by atomic mass is 9.92. The molecule has 0 unspecified atom stereocenters. The highest BCUT2D eigenvalue weighted by Crippen LogP contribution is 2.34. The first-order chi connectivity index (χ1) is 18.8. The number of methoxy groups -OCH3 is 1. The second kappa shape index (κ2) is 11.0. The number of nitrogens with one attached hydrogen (secondary N) is 3. The zero-order valence-corrected chi connectivity index (χ0v) is 22.3. The van der Waals surface area contributed by atoms with Gasteiger partial charge in [-0.1, -0.05) is 37.3 Å². The fourth-order valence-electron chi connectivity index (χ4n) is 5.09. The zero-order chi connectivity index (χ0) is 27.5. The number of benzene rings is 3. The highest BCUT2D eigenvalue weighted by Gasteiger charge is 2.26. The fourth-order valence-corrected chi connectivity index (χ4v) is 5.09. The summed E-state index contributed by atoms with van der Waals surface area (Å²) in [6.07, 6.45) is 2.64. The van der Waals surface area contributed by atoms with Gasteiger partial charge in [0.2, 0.25) is 11.8 Å². The van der Waals surface area contributed by atoms with Crippen molar-refractivity contribution in [1.29, 1.82) is 0 Å². The number of fused-ring (bicyclic) bond motifs is 10. The van der Waals surface area contributed by atoms with Gasteiger partial charge in [-0.2, -0.15) is 0 Å². The second-order valence-corrected chi connectivity index (χ2v) is 10.1. The van der Waals surface area contributed by atoms with Crippen LogP contribution in [0.3, 0.4) is 0 Å². The van der Waals surface area contributed by atoms with Crippen LogP contribution in [0.25, 0.3) is 10.8 Å². The van der Waals surface area contributed by atoms with Crippen LogP contribution in [0, 0.1) is 0 Å². The van der Waals surface area contributed by atoms with Crippen molar-refractivity contribution in [2.75, 3.05) is 24.8 Å². The lowest BCUT2D eigenvalue weighted by Gasteiger charge is -2.27. The number of carbonyl (C=O) groups is 2. The Morgan fingerprint density at radius 1 is 1.00 bits per heavy atom. The highest BCUT2D eigenvalue weighted by atomic mass is 16.5. The average molecular weight is 525 g/mol. The van der Waals surface area contributed by atoms with Gasteiger partial charge in [0, 0.05) is 43.0 Å².